The zero-order valence-corrected chi connectivity index (χ0v) is 14.5. The monoisotopic (exact) mass is 375 g/mol. The lowest BCUT2D eigenvalue weighted by atomic mass is 9.87. The molecule has 0 saturated carbocycles. The Bertz CT molecular complexity index is 813. The topological polar surface area (TPSA) is 87.5 Å². The predicted molar refractivity (Wildman–Crippen MR) is 89.3 cm³/mol. The largest absolute Gasteiger partial charge is 0.382 e. The van der Waals surface area contributed by atoms with E-state index in [4.69, 9.17) is 23.2 Å². The summed E-state index contributed by atoms with van der Waals surface area (Å²) in [6.07, 6.45) is 1.40. The minimum absolute atomic E-state index is 0.0301. The van der Waals surface area contributed by atoms with E-state index < -0.39 is 26.8 Å². The van der Waals surface area contributed by atoms with Crippen LogP contribution in [0.25, 0.3) is 0 Å². The zero-order valence-electron chi connectivity index (χ0n) is 12.1. The van der Waals surface area contributed by atoms with E-state index in [9.17, 15) is 18.1 Å². The van der Waals surface area contributed by atoms with E-state index in [1.165, 1.54) is 24.4 Å². The highest BCUT2D eigenvalue weighted by atomic mass is 35.5. The van der Waals surface area contributed by atoms with Gasteiger partial charge >= 0.3 is 0 Å². The third-order valence-corrected chi connectivity index (χ3v) is 5.58. The summed E-state index contributed by atoms with van der Waals surface area (Å²) in [6, 6.07) is 9.44. The van der Waals surface area contributed by atoms with Gasteiger partial charge in [-0.25, -0.2) is 4.98 Å². The third kappa shape index (κ3) is 3.51. The maximum atomic E-state index is 12.0. The van der Waals surface area contributed by atoms with Crippen LogP contribution < -0.4 is 0 Å². The van der Waals surface area contributed by atoms with Gasteiger partial charge in [-0.2, -0.15) is 8.42 Å². The molecular weight excluding hydrogens is 361 g/mol. The van der Waals surface area contributed by atoms with E-state index in [1.807, 2.05) is 0 Å². The molecule has 124 valence electrons. The summed E-state index contributed by atoms with van der Waals surface area (Å²) in [6.45, 7) is 1.67. The van der Waals surface area contributed by atoms with Crippen molar-refractivity contribution >= 4 is 33.3 Å². The van der Waals surface area contributed by atoms with Gasteiger partial charge in [0.2, 0.25) is 0 Å². The van der Waals surface area contributed by atoms with Crippen molar-refractivity contribution in [1.29, 1.82) is 0 Å². The molecule has 2 N–H and O–H groups in total. The van der Waals surface area contributed by atoms with E-state index in [2.05, 4.69) is 4.98 Å². The molecule has 0 aliphatic heterocycles. The minimum atomic E-state index is -4.70. The van der Waals surface area contributed by atoms with E-state index in [1.54, 1.807) is 25.1 Å². The molecule has 0 radical (unpaired) electrons. The minimum Gasteiger partial charge on any atom is -0.382 e. The van der Waals surface area contributed by atoms with E-state index in [0.717, 1.165) is 0 Å². The fourth-order valence-corrected chi connectivity index (χ4v) is 4.50. The highest BCUT2D eigenvalue weighted by Gasteiger charge is 2.48. The van der Waals surface area contributed by atoms with Crippen LogP contribution in [0.3, 0.4) is 0 Å². The molecule has 5 nitrogen and oxygen atoms in total. The fraction of sp³-hybridized carbons (Fsp3) is 0.267. The van der Waals surface area contributed by atoms with Crippen LogP contribution >= 0.6 is 23.2 Å². The van der Waals surface area contributed by atoms with E-state index >= 15 is 0 Å². The normalized spacial score (nSPS) is 15.9. The number of halogens is 2. The molecule has 2 unspecified atom stereocenters. The maximum absolute atomic E-state index is 12.0. The molecule has 1 aromatic carbocycles. The number of rotatable bonds is 5. The number of aryl methyl sites for hydroxylation is 1. The van der Waals surface area contributed by atoms with Crippen LogP contribution in [-0.4, -0.2) is 28.9 Å². The average Bonchev–Trinajstić information content (AvgIpc) is 2.48. The van der Waals surface area contributed by atoms with Crippen LogP contribution in [0.4, 0.5) is 0 Å². The second-order valence-electron chi connectivity index (χ2n) is 5.15. The smallest absolute Gasteiger partial charge is 0.275 e. The SMILES string of the molecule is Cc1ccccc1C(C(O)(CCl)c1cccnc1Cl)S(=O)(=O)O. The fourth-order valence-electron chi connectivity index (χ4n) is 2.54. The molecule has 0 fully saturated rings. The van der Waals surface area contributed by atoms with Crippen LogP contribution in [0.5, 0.6) is 0 Å². The van der Waals surface area contributed by atoms with Crippen molar-refractivity contribution in [2.75, 3.05) is 5.88 Å². The molecule has 2 atom stereocenters. The Morgan fingerprint density at radius 3 is 2.43 bits per heavy atom. The van der Waals surface area contributed by atoms with Gasteiger partial charge in [0.05, 0.1) is 5.88 Å². The highest BCUT2D eigenvalue weighted by Crippen LogP contribution is 2.44. The molecular formula is C15H15Cl2NO4S. The number of benzene rings is 1. The Hall–Kier alpha value is -1.18. The van der Waals surface area contributed by atoms with Crippen LogP contribution in [0.2, 0.25) is 5.15 Å². The predicted octanol–water partition coefficient (Wildman–Crippen LogP) is 3.10. The van der Waals surface area contributed by atoms with Crippen LogP contribution in [0.1, 0.15) is 21.9 Å². The Labute approximate surface area is 144 Å². The molecule has 0 aliphatic carbocycles. The van der Waals surface area contributed by atoms with Gasteiger partial charge in [-0.3, -0.25) is 4.55 Å². The number of hydrogen-bond acceptors (Lipinski definition) is 4. The van der Waals surface area contributed by atoms with Gasteiger partial charge in [-0.15, -0.1) is 11.6 Å². The van der Waals surface area contributed by atoms with Gasteiger partial charge in [0.25, 0.3) is 10.1 Å². The summed E-state index contributed by atoms with van der Waals surface area (Å²) in [5.74, 6) is -0.503. The molecule has 0 spiro atoms. The molecule has 8 heteroatoms. The van der Waals surface area contributed by atoms with Gasteiger partial charge in [0.1, 0.15) is 16.0 Å². The van der Waals surface area contributed by atoms with Crippen molar-refractivity contribution in [2.45, 2.75) is 17.8 Å². The summed E-state index contributed by atoms with van der Waals surface area (Å²) >= 11 is 11.9. The van der Waals surface area contributed by atoms with Gasteiger partial charge in [-0.1, -0.05) is 41.9 Å². The Morgan fingerprint density at radius 2 is 1.91 bits per heavy atom. The van der Waals surface area contributed by atoms with Gasteiger partial charge in [0.15, 0.2) is 0 Å². The molecule has 2 rings (SSSR count). The summed E-state index contributed by atoms with van der Waals surface area (Å²) in [5, 5.41) is 9.27. The Kier molecular flexibility index (Phi) is 5.33. The summed E-state index contributed by atoms with van der Waals surface area (Å²) in [7, 11) is -4.70. The lowest BCUT2D eigenvalue weighted by molar-refractivity contribution is 0.0523. The first-order valence-electron chi connectivity index (χ1n) is 6.63. The van der Waals surface area contributed by atoms with E-state index in [0.29, 0.717) is 5.56 Å². The molecule has 1 heterocycles. The molecule has 0 saturated heterocycles. The van der Waals surface area contributed by atoms with Crippen molar-refractivity contribution in [3.05, 3.63) is 64.4 Å². The highest BCUT2D eigenvalue weighted by molar-refractivity contribution is 7.86. The van der Waals surface area contributed by atoms with Crippen molar-refractivity contribution < 1.29 is 18.1 Å². The first-order valence-corrected chi connectivity index (χ1v) is 9.04. The van der Waals surface area contributed by atoms with Crippen molar-refractivity contribution in [3.8, 4) is 0 Å². The second kappa shape index (κ2) is 6.75. The summed E-state index contributed by atoms with van der Waals surface area (Å²) in [4.78, 5) is 3.84. The lowest BCUT2D eigenvalue weighted by Crippen LogP contribution is -2.40. The molecule has 0 amide bonds. The van der Waals surface area contributed by atoms with Gasteiger partial charge < -0.3 is 5.11 Å². The quantitative estimate of drug-likeness (QED) is 0.476. The molecule has 0 aliphatic rings. The number of aliphatic hydroxyl groups is 1. The summed E-state index contributed by atoms with van der Waals surface area (Å²) < 4.78 is 33.9. The molecule has 0 bridgehead atoms. The number of nitrogens with zero attached hydrogens (tertiary/aromatic N) is 1. The second-order valence-corrected chi connectivity index (χ2v) is 7.28. The first kappa shape index (κ1) is 18.2. The molecule has 2 aromatic rings. The standard InChI is InChI=1S/C15H15Cl2NO4S/c1-10-5-2-3-6-11(10)13(23(20,21)22)15(19,9-16)12-7-4-8-18-14(12)17/h2-8,13,19H,9H2,1H3,(H,20,21,22). The maximum Gasteiger partial charge on any atom is 0.275 e. The number of aromatic nitrogens is 1. The molecule has 1 aromatic heterocycles. The number of alkyl halides is 1. The zero-order chi connectivity index (χ0) is 17.3. The number of pyridine rings is 1. The third-order valence-electron chi connectivity index (χ3n) is 3.63. The van der Waals surface area contributed by atoms with Crippen molar-refractivity contribution in [3.63, 3.8) is 0 Å². The summed E-state index contributed by atoms with van der Waals surface area (Å²) in [5.41, 5.74) is -1.30. The Balaban J connectivity index is 2.77. The van der Waals surface area contributed by atoms with Gasteiger partial charge in [0, 0.05) is 11.8 Å². The van der Waals surface area contributed by atoms with E-state index in [-0.39, 0.29) is 16.3 Å². The van der Waals surface area contributed by atoms with Crippen LogP contribution in [-0.2, 0) is 15.7 Å². The average molecular weight is 376 g/mol. The van der Waals surface area contributed by atoms with Crippen LogP contribution in [0.15, 0.2) is 42.6 Å². The van der Waals surface area contributed by atoms with Crippen LogP contribution in [0, 0.1) is 6.92 Å². The Morgan fingerprint density at radius 1 is 1.26 bits per heavy atom. The van der Waals surface area contributed by atoms with Crippen molar-refractivity contribution in [1.82, 2.24) is 4.98 Å². The van der Waals surface area contributed by atoms with Crippen molar-refractivity contribution in [2.24, 2.45) is 0 Å². The van der Waals surface area contributed by atoms with Gasteiger partial charge in [-0.05, 0) is 24.1 Å². The first-order chi connectivity index (χ1) is 10.7. The lowest BCUT2D eigenvalue weighted by Gasteiger charge is -2.34. The number of hydrogen-bond donors (Lipinski definition) is 2. The molecule has 23 heavy (non-hydrogen) atoms.